The van der Waals surface area contributed by atoms with Crippen molar-refractivity contribution in [3.05, 3.63) is 27.8 Å². The van der Waals surface area contributed by atoms with Gasteiger partial charge in [-0.25, -0.2) is 0 Å². The van der Waals surface area contributed by atoms with Crippen molar-refractivity contribution in [2.24, 2.45) is 0 Å². The summed E-state index contributed by atoms with van der Waals surface area (Å²) in [7, 11) is 1.72. The van der Waals surface area contributed by atoms with Crippen molar-refractivity contribution in [3.8, 4) is 5.75 Å². The number of methoxy groups -OCH3 is 1. The quantitative estimate of drug-likeness (QED) is 0.893. The summed E-state index contributed by atoms with van der Waals surface area (Å²) in [6.45, 7) is 5.22. The highest BCUT2D eigenvalue weighted by Crippen LogP contribution is 2.33. The minimum absolute atomic E-state index is 0.587. The third kappa shape index (κ3) is 2.58. The molecule has 2 rings (SSSR count). The highest BCUT2D eigenvalue weighted by atomic mass is 35.5. The number of benzene rings is 1. The zero-order chi connectivity index (χ0) is 12.4. The lowest BCUT2D eigenvalue weighted by Gasteiger charge is -2.17. The van der Waals surface area contributed by atoms with Crippen LogP contribution in [0.4, 0.5) is 0 Å². The zero-order valence-corrected chi connectivity index (χ0v) is 11.5. The summed E-state index contributed by atoms with van der Waals surface area (Å²) >= 11 is 6.25. The Balaban J connectivity index is 2.31. The van der Waals surface area contributed by atoms with Crippen LogP contribution < -0.4 is 10.1 Å². The topological polar surface area (TPSA) is 21.3 Å². The van der Waals surface area contributed by atoms with E-state index in [-0.39, 0.29) is 0 Å². The molecule has 1 N–H and O–H groups in total. The number of ether oxygens (including phenoxy) is 1. The van der Waals surface area contributed by atoms with E-state index in [2.05, 4.69) is 18.3 Å². The Bertz CT molecular complexity index is 411. The van der Waals surface area contributed by atoms with Crippen molar-refractivity contribution in [1.29, 1.82) is 0 Å². The summed E-state index contributed by atoms with van der Waals surface area (Å²) < 4.78 is 5.51. The molecule has 94 valence electrons. The maximum Gasteiger partial charge on any atom is 0.126 e. The van der Waals surface area contributed by atoms with Gasteiger partial charge in [0.2, 0.25) is 0 Å². The minimum Gasteiger partial charge on any atom is -0.496 e. The molecule has 0 aliphatic carbocycles. The number of hydrogen-bond donors (Lipinski definition) is 1. The van der Waals surface area contributed by atoms with Crippen LogP contribution >= 0.6 is 11.6 Å². The van der Waals surface area contributed by atoms with E-state index in [9.17, 15) is 0 Å². The minimum atomic E-state index is 0.587. The van der Waals surface area contributed by atoms with E-state index in [0.717, 1.165) is 34.9 Å². The Morgan fingerprint density at radius 2 is 2.24 bits per heavy atom. The molecule has 1 unspecified atom stereocenters. The van der Waals surface area contributed by atoms with E-state index >= 15 is 0 Å². The van der Waals surface area contributed by atoms with E-state index in [4.69, 9.17) is 16.3 Å². The van der Waals surface area contributed by atoms with E-state index in [1.807, 2.05) is 6.92 Å². The van der Waals surface area contributed by atoms with E-state index in [1.54, 1.807) is 7.11 Å². The Morgan fingerprint density at radius 3 is 2.82 bits per heavy atom. The highest BCUT2D eigenvalue weighted by molar-refractivity contribution is 6.32. The van der Waals surface area contributed by atoms with Gasteiger partial charge in [0.05, 0.1) is 12.1 Å². The molecule has 0 saturated carbocycles. The average molecular weight is 254 g/mol. The molecule has 2 nitrogen and oxygen atoms in total. The van der Waals surface area contributed by atoms with Gasteiger partial charge in [0, 0.05) is 11.6 Å². The summed E-state index contributed by atoms with van der Waals surface area (Å²) in [4.78, 5) is 0. The molecule has 1 aliphatic heterocycles. The molecule has 0 bridgehead atoms. The first-order chi connectivity index (χ1) is 8.13. The van der Waals surface area contributed by atoms with Crippen LogP contribution in [0.3, 0.4) is 0 Å². The average Bonchev–Trinajstić information content (AvgIpc) is 2.79. The number of halogens is 1. The molecule has 0 amide bonds. The SMILES string of the molecule is COc1c(CC2CCCN2)cc(C)c(Cl)c1C. The van der Waals surface area contributed by atoms with Gasteiger partial charge >= 0.3 is 0 Å². The molecule has 1 heterocycles. The van der Waals surface area contributed by atoms with Crippen molar-refractivity contribution in [1.82, 2.24) is 5.32 Å². The number of hydrogen-bond acceptors (Lipinski definition) is 2. The monoisotopic (exact) mass is 253 g/mol. The summed E-state index contributed by atoms with van der Waals surface area (Å²) in [6.07, 6.45) is 3.56. The second-order valence-corrected chi connectivity index (χ2v) is 5.20. The second kappa shape index (κ2) is 5.28. The zero-order valence-electron chi connectivity index (χ0n) is 10.8. The lowest BCUT2D eigenvalue weighted by Crippen LogP contribution is -2.24. The van der Waals surface area contributed by atoms with Crippen LogP contribution in [0.1, 0.15) is 29.5 Å². The van der Waals surface area contributed by atoms with Crippen molar-refractivity contribution in [2.45, 2.75) is 39.2 Å². The smallest absolute Gasteiger partial charge is 0.126 e. The number of rotatable bonds is 3. The van der Waals surface area contributed by atoms with Gasteiger partial charge in [0.15, 0.2) is 0 Å². The van der Waals surface area contributed by atoms with E-state index in [1.165, 1.54) is 18.4 Å². The van der Waals surface area contributed by atoms with Crippen LogP contribution in [0, 0.1) is 13.8 Å². The molecular weight excluding hydrogens is 234 g/mol. The van der Waals surface area contributed by atoms with Gasteiger partial charge in [0.25, 0.3) is 0 Å². The standard InChI is InChI=1S/C14H20ClNO/c1-9-7-11(8-12-5-4-6-16-12)14(17-3)10(2)13(9)15/h7,12,16H,4-6,8H2,1-3H3. The van der Waals surface area contributed by atoms with Crippen molar-refractivity contribution in [2.75, 3.05) is 13.7 Å². The lowest BCUT2D eigenvalue weighted by molar-refractivity contribution is 0.403. The first-order valence-electron chi connectivity index (χ1n) is 6.19. The lowest BCUT2D eigenvalue weighted by atomic mass is 9.98. The van der Waals surface area contributed by atoms with Crippen molar-refractivity contribution >= 4 is 11.6 Å². The molecule has 17 heavy (non-hydrogen) atoms. The summed E-state index contributed by atoms with van der Waals surface area (Å²) in [6, 6.07) is 2.75. The molecule has 1 atom stereocenters. The predicted molar refractivity (Wildman–Crippen MR) is 72.2 cm³/mol. The Hall–Kier alpha value is -0.730. The Labute approximate surface area is 108 Å². The summed E-state index contributed by atoms with van der Waals surface area (Å²) in [5.41, 5.74) is 3.46. The first-order valence-corrected chi connectivity index (χ1v) is 6.57. The third-order valence-electron chi connectivity index (χ3n) is 3.53. The van der Waals surface area contributed by atoms with Crippen LogP contribution in [0.15, 0.2) is 6.07 Å². The van der Waals surface area contributed by atoms with Crippen LogP contribution in [-0.4, -0.2) is 19.7 Å². The molecule has 1 fully saturated rings. The molecule has 0 radical (unpaired) electrons. The van der Waals surface area contributed by atoms with Crippen molar-refractivity contribution in [3.63, 3.8) is 0 Å². The van der Waals surface area contributed by atoms with E-state index < -0.39 is 0 Å². The predicted octanol–water partition coefficient (Wildman–Crippen LogP) is 3.26. The number of nitrogens with one attached hydrogen (secondary N) is 1. The summed E-state index contributed by atoms with van der Waals surface area (Å²) in [5.74, 6) is 0.953. The van der Waals surface area contributed by atoms with Crippen LogP contribution in [0.25, 0.3) is 0 Å². The normalized spacial score (nSPS) is 19.6. The molecule has 1 aliphatic rings. The largest absolute Gasteiger partial charge is 0.496 e. The van der Waals surface area contributed by atoms with Crippen LogP contribution in [-0.2, 0) is 6.42 Å². The molecule has 3 heteroatoms. The van der Waals surface area contributed by atoms with Gasteiger partial charge in [-0.15, -0.1) is 0 Å². The maximum absolute atomic E-state index is 6.25. The van der Waals surface area contributed by atoms with Crippen LogP contribution in [0.5, 0.6) is 5.75 Å². The molecule has 1 aromatic carbocycles. The molecule has 0 spiro atoms. The molecule has 1 saturated heterocycles. The van der Waals surface area contributed by atoms with Gasteiger partial charge in [-0.2, -0.15) is 0 Å². The first kappa shape index (κ1) is 12.7. The Morgan fingerprint density at radius 1 is 1.47 bits per heavy atom. The van der Waals surface area contributed by atoms with Gasteiger partial charge in [-0.3, -0.25) is 0 Å². The Kier molecular flexibility index (Phi) is 3.95. The third-order valence-corrected chi connectivity index (χ3v) is 4.11. The number of aryl methyl sites for hydroxylation is 1. The second-order valence-electron chi connectivity index (χ2n) is 4.82. The fraction of sp³-hybridized carbons (Fsp3) is 0.571. The van der Waals surface area contributed by atoms with Gasteiger partial charge in [-0.1, -0.05) is 17.7 Å². The van der Waals surface area contributed by atoms with Crippen molar-refractivity contribution < 1.29 is 4.74 Å². The maximum atomic E-state index is 6.25. The van der Waals surface area contributed by atoms with Gasteiger partial charge in [0.1, 0.15) is 5.75 Å². The van der Waals surface area contributed by atoms with Gasteiger partial charge < -0.3 is 10.1 Å². The molecular formula is C14H20ClNO. The fourth-order valence-electron chi connectivity index (χ4n) is 2.66. The van der Waals surface area contributed by atoms with Gasteiger partial charge in [-0.05, 0) is 50.8 Å². The summed E-state index contributed by atoms with van der Waals surface area (Å²) in [5, 5.41) is 4.35. The highest BCUT2D eigenvalue weighted by Gasteiger charge is 2.19. The van der Waals surface area contributed by atoms with E-state index in [0.29, 0.717) is 6.04 Å². The molecule has 1 aromatic rings. The van der Waals surface area contributed by atoms with Crippen LogP contribution in [0.2, 0.25) is 5.02 Å². The fourth-order valence-corrected chi connectivity index (χ4v) is 2.80. The molecule has 0 aromatic heterocycles.